The van der Waals surface area contributed by atoms with E-state index in [2.05, 4.69) is 49.3 Å². The van der Waals surface area contributed by atoms with Gasteiger partial charge in [0.25, 0.3) is 5.91 Å². The van der Waals surface area contributed by atoms with Gasteiger partial charge in [0.15, 0.2) is 0 Å². The minimum absolute atomic E-state index is 0.0410. The standard InChI is InChI=1S/C23H32N2O/c1-4-8-20-13-14-22(16-21(20)9-5-2)23(26)25-18(3)10-6-11-19-12-7-15-24-17-19/h7,12-18H,4-6,8-11H2,1-3H3,(H,25,26). The Bertz CT molecular complexity index is 682. The number of carbonyl (C=O) groups excluding carboxylic acids is 1. The van der Waals surface area contributed by atoms with Gasteiger partial charge in [-0.05, 0) is 73.9 Å². The lowest BCUT2D eigenvalue weighted by molar-refractivity contribution is 0.0938. The van der Waals surface area contributed by atoms with Crippen LogP contribution in [0.15, 0.2) is 42.7 Å². The second kappa shape index (κ2) is 10.7. The molecular formula is C23H32N2O. The van der Waals surface area contributed by atoms with E-state index in [1.807, 2.05) is 18.3 Å². The minimum Gasteiger partial charge on any atom is -0.350 e. The normalized spacial score (nSPS) is 12.0. The zero-order valence-electron chi connectivity index (χ0n) is 16.4. The quantitative estimate of drug-likeness (QED) is 0.644. The molecule has 3 nitrogen and oxygen atoms in total. The van der Waals surface area contributed by atoms with Gasteiger partial charge in [-0.1, -0.05) is 38.8 Å². The highest BCUT2D eigenvalue weighted by Gasteiger charge is 2.12. The van der Waals surface area contributed by atoms with Crippen molar-refractivity contribution < 1.29 is 4.79 Å². The molecule has 1 aromatic carbocycles. The molecule has 0 spiro atoms. The van der Waals surface area contributed by atoms with Crippen LogP contribution in [-0.4, -0.2) is 16.9 Å². The van der Waals surface area contributed by atoms with Crippen LogP contribution in [0.3, 0.4) is 0 Å². The zero-order valence-corrected chi connectivity index (χ0v) is 16.4. The highest BCUT2D eigenvalue weighted by atomic mass is 16.1. The highest BCUT2D eigenvalue weighted by Crippen LogP contribution is 2.17. The maximum atomic E-state index is 12.6. The summed E-state index contributed by atoms with van der Waals surface area (Å²) >= 11 is 0. The average Bonchev–Trinajstić information content (AvgIpc) is 2.64. The molecule has 1 N–H and O–H groups in total. The monoisotopic (exact) mass is 352 g/mol. The first-order valence-electron chi connectivity index (χ1n) is 9.95. The molecule has 0 aliphatic rings. The van der Waals surface area contributed by atoms with Gasteiger partial charge < -0.3 is 5.32 Å². The van der Waals surface area contributed by atoms with Crippen LogP contribution >= 0.6 is 0 Å². The van der Waals surface area contributed by atoms with Crippen molar-refractivity contribution in [2.45, 2.75) is 71.8 Å². The van der Waals surface area contributed by atoms with E-state index in [4.69, 9.17) is 0 Å². The van der Waals surface area contributed by atoms with E-state index in [9.17, 15) is 4.79 Å². The molecule has 2 aromatic rings. The van der Waals surface area contributed by atoms with E-state index in [1.165, 1.54) is 16.7 Å². The van der Waals surface area contributed by atoms with E-state index in [-0.39, 0.29) is 11.9 Å². The third-order valence-electron chi connectivity index (χ3n) is 4.71. The number of nitrogens with zero attached hydrogens (tertiary/aromatic N) is 1. The number of aryl methyl sites for hydroxylation is 3. The smallest absolute Gasteiger partial charge is 0.251 e. The van der Waals surface area contributed by atoms with Crippen molar-refractivity contribution in [3.8, 4) is 0 Å². The van der Waals surface area contributed by atoms with E-state index in [0.29, 0.717) is 0 Å². The number of carbonyl (C=O) groups is 1. The number of hydrogen-bond acceptors (Lipinski definition) is 2. The molecule has 1 unspecified atom stereocenters. The molecule has 140 valence electrons. The predicted octanol–water partition coefficient (Wildman–Crippen LogP) is 5.13. The Morgan fingerprint density at radius 1 is 1.08 bits per heavy atom. The largest absolute Gasteiger partial charge is 0.350 e. The molecule has 1 heterocycles. The minimum atomic E-state index is 0.0410. The Kier molecular flexibility index (Phi) is 8.33. The van der Waals surface area contributed by atoms with E-state index in [1.54, 1.807) is 6.20 Å². The first kappa shape index (κ1) is 20.2. The Morgan fingerprint density at radius 2 is 1.85 bits per heavy atom. The summed E-state index contributed by atoms with van der Waals surface area (Å²) in [5.41, 5.74) is 4.75. The van der Waals surface area contributed by atoms with Gasteiger partial charge >= 0.3 is 0 Å². The van der Waals surface area contributed by atoms with Crippen molar-refractivity contribution in [1.29, 1.82) is 0 Å². The summed E-state index contributed by atoms with van der Waals surface area (Å²) in [5, 5.41) is 3.15. The van der Waals surface area contributed by atoms with Crippen LogP contribution in [0.1, 0.15) is 73.5 Å². The average molecular weight is 353 g/mol. The van der Waals surface area contributed by atoms with Crippen molar-refractivity contribution in [3.63, 3.8) is 0 Å². The molecule has 0 bridgehead atoms. The summed E-state index contributed by atoms with van der Waals surface area (Å²) in [5.74, 6) is 0.0410. The van der Waals surface area contributed by atoms with Gasteiger partial charge in [-0.25, -0.2) is 0 Å². The summed E-state index contributed by atoms with van der Waals surface area (Å²) in [6.07, 6.45) is 11.1. The van der Waals surface area contributed by atoms with Crippen molar-refractivity contribution in [2.24, 2.45) is 0 Å². The van der Waals surface area contributed by atoms with Gasteiger partial charge in [-0.3, -0.25) is 9.78 Å². The number of rotatable bonds is 10. The fraction of sp³-hybridized carbons (Fsp3) is 0.478. The molecule has 26 heavy (non-hydrogen) atoms. The second-order valence-electron chi connectivity index (χ2n) is 7.11. The van der Waals surface area contributed by atoms with Crippen LogP contribution < -0.4 is 5.32 Å². The van der Waals surface area contributed by atoms with Gasteiger partial charge in [0, 0.05) is 24.0 Å². The molecule has 1 atom stereocenters. The Morgan fingerprint density at radius 3 is 2.54 bits per heavy atom. The van der Waals surface area contributed by atoms with Crippen molar-refractivity contribution >= 4 is 5.91 Å². The number of hydrogen-bond donors (Lipinski definition) is 1. The van der Waals surface area contributed by atoms with Crippen LogP contribution in [0.4, 0.5) is 0 Å². The number of benzene rings is 1. The van der Waals surface area contributed by atoms with Gasteiger partial charge in [0.05, 0.1) is 0 Å². The van der Waals surface area contributed by atoms with E-state index >= 15 is 0 Å². The third-order valence-corrected chi connectivity index (χ3v) is 4.71. The Labute approximate surface area is 158 Å². The van der Waals surface area contributed by atoms with Gasteiger partial charge in [0.1, 0.15) is 0 Å². The Balaban J connectivity index is 1.88. The summed E-state index contributed by atoms with van der Waals surface area (Å²) in [6.45, 7) is 6.47. The SMILES string of the molecule is CCCc1ccc(C(=O)NC(C)CCCc2cccnc2)cc1CCC. The second-order valence-corrected chi connectivity index (χ2v) is 7.11. The summed E-state index contributed by atoms with van der Waals surface area (Å²) in [4.78, 5) is 16.7. The molecule has 0 fully saturated rings. The fourth-order valence-electron chi connectivity index (χ4n) is 3.32. The summed E-state index contributed by atoms with van der Waals surface area (Å²) in [7, 11) is 0. The molecular weight excluding hydrogens is 320 g/mol. The molecule has 0 aliphatic carbocycles. The van der Waals surface area contributed by atoms with Crippen LogP contribution in [0.25, 0.3) is 0 Å². The van der Waals surface area contributed by atoms with Crippen LogP contribution in [0.5, 0.6) is 0 Å². The van der Waals surface area contributed by atoms with Crippen LogP contribution in [0.2, 0.25) is 0 Å². The maximum absolute atomic E-state index is 12.6. The molecule has 1 amide bonds. The van der Waals surface area contributed by atoms with Crippen molar-refractivity contribution in [1.82, 2.24) is 10.3 Å². The van der Waals surface area contributed by atoms with E-state index in [0.717, 1.165) is 50.5 Å². The van der Waals surface area contributed by atoms with Crippen molar-refractivity contribution in [2.75, 3.05) is 0 Å². The lowest BCUT2D eigenvalue weighted by Gasteiger charge is -2.15. The zero-order chi connectivity index (χ0) is 18.8. The van der Waals surface area contributed by atoms with Gasteiger partial charge in [-0.2, -0.15) is 0 Å². The predicted molar refractivity (Wildman–Crippen MR) is 109 cm³/mol. The van der Waals surface area contributed by atoms with Crippen LogP contribution in [0, 0.1) is 0 Å². The van der Waals surface area contributed by atoms with Gasteiger partial charge in [-0.15, -0.1) is 0 Å². The topological polar surface area (TPSA) is 42.0 Å². The number of pyridine rings is 1. The fourth-order valence-corrected chi connectivity index (χ4v) is 3.32. The first-order chi connectivity index (χ1) is 12.6. The summed E-state index contributed by atoms with van der Waals surface area (Å²) in [6, 6.07) is 10.4. The molecule has 3 heteroatoms. The third kappa shape index (κ3) is 6.29. The lowest BCUT2D eigenvalue weighted by Crippen LogP contribution is -2.32. The molecule has 0 aliphatic heterocycles. The molecule has 0 radical (unpaired) electrons. The molecule has 2 rings (SSSR count). The van der Waals surface area contributed by atoms with E-state index < -0.39 is 0 Å². The highest BCUT2D eigenvalue weighted by molar-refractivity contribution is 5.94. The Hall–Kier alpha value is -2.16. The lowest BCUT2D eigenvalue weighted by atomic mass is 9.96. The number of aromatic nitrogens is 1. The van der Waals surface area contributed by atoms with Crippen LogP contribution in [-0.2, 0) is 19.3 Å². The molecule has 0 saturated carbocycles. The maximum Gasteiger partial charge on any atom is 0.251 e. The number of nitrogens with one attached hydrogen (secondary N) is 1. The van der Waals surface area contributed by atoms with Gasteiger partial charge in [0.2, 0.25) is 0 Å². The molecule has 1 aromatic heterocycles. The summed E-state index contributed by atoms with van der Waals surface area (Å²) < 4.78 is 0. The first-order valence-corrected chi connectivity index (χ1v) is 9.95. The molecule has 0 saturated heterocycles. The van der Waals surface area contributed by atoms with Crippen molar-refractivity contribution in [3.05, 3.63) is 65.0 Å². The number of amides is 1.